The maximum Gasteiger partial charge on any atom is 0.264 e. The molecule has 0 spiro atoms. The molecule has 0 radical (unpaired) electrons. The predicted octanol–water partition coefficient (Wildman–Crippen LogP) is 1.95. The highest BCUT2D eigenvalue weighted by atomic mass is 32.2. The summed E-state index contributed by atoms with van der Waals surface area (Å²) in [5.74, 6) is 0. The monoisotopic (exact) mass is 295 g/mol. The molecule has 0 aliphatic carbocycles. The van der Waals surface area contributed by atoms with E-state index >= 15 is 0 Å². The molecule has 0 saturated heterocycles. The Morgan fingerprint density at radius 2 is 1.74 bits per heavy atom. The molecule has 0 bridgehead atoms. The van der Waals surface area contributed by atoms with Crippen molar-refractivity contribution < 1.29 is 22.2 Å². The topological polar surface area (TPSA) is 74.2 Å². The van der Waals surface area contributed by atoms with Crippen molar-refractivity contribution in [2.75, 3.05) is 26.1 Å². The fraction of sp³-hybridized carbons (Fsp3) is 0.917. The third-order valence-electron chi connectivity index (χ3n) is 1.82. The number of rotatable bonds is 10. The molecule has 114 valence electrons. The summed E-state index contributed by atoms with van der Waals surface area (Å²) < 4.78 is 31.3. The number of hydrogen-bond acceptors (Lipinski definition) is 6. The third-order valence-corrected chi connectivity index (χ3v) is 2.42. The van der Waals surface area contributed by atoms with Gasteiger partial charge < -0.3 is 9.57 Å². The Bertz CT molecular complexity index is 346. The van der Waals surface area contributed by atoms with Gasteiger partial charge in [0.25, 0.3) is 10.1 Å². The summed E-state index contributed by atoms with van der Waals surface area (Å²) in [7, 11) is -3.31. The van der Waals surface area contributed by atoms with Crippen LogP contribution in [0, 0.1) is 0 Å². The first kappa shape index (κ1) is 18.3. The Labute approximate surface area is 116 Å². The van der Waals surface area contributed by atoms with E-state index in [0.717, 1.165) is 19.1 Å². The Balaban J connectivity index is 3.28. The summed E-state index contributed by atoms with van der Waals surface area (Å²) >= 11 is 0. The normalized spacial score (nSPS) is 13.1. The molecular weight excluding hydrogens is 270 g/mol. The van der Waals surface area contributed by atoms with Crippen LogP contribution in [-0.2, 0) is 23.9 Å². The van der Waals surface area contributed by atoms with Gasteiger partial charge in [-0.2, -0.15) is 8.42 Å². The van der Waals surface area contributed by atoms with E-state index in [-0.39, 0.29) is 12.2 Å². The lowest BCUT2D eigenvalue weighted by atomic mass is 10.2. The average Bonchev–Trinajstić information content (AvgIpc) is 2.22. The summed E-state index contributed by atoms with van der Waals surface area (Å²) in [5.41, 5.74) is -0.282. The van der Waals surface area contributed by atoms with Crippen LogP contribution in [0.4, 0.5) is 0 Å². The molecule has 0 aromatic rings. The van der Waals surface area contributed by atoms with E-state index in [4.69, 9.17) is 9.57 Å². The highest BCUT2D eigenvalue weighted by Crippen LogP contribution is 2.05. The molecule has 0 aromatic heterocycles. The number of nitrogens with zero attached hydrogens (tertiary/aromatic N) is 1. The first-order valence-corrected chi connectivity index (χ1v) is 8.14. The molecule has 0 heterocycles. The van der Waals surface area contributed by atoms with Crippen LogP contribution in [0.3, 0.4) is 0 Å². The highest BCUT2D eigenvalue weighted by Gasteiger charge is 2.08. The van der Waals surface area contributed by atoms with E-state index in [9.17, 15) is 8.42 Å². The van der Waals surface area contributed by atoms with Crippen molar-refractivity contribution in [2.24, 2.45) is 5.16 Å². The minimum absolute atomic E-state index is 0.236. The van der Waals surface area contributed by atoms with E-state index in [1.807, 2.05) is 20.8 Å². The fourth-order valence-corrected chi connectivity index (χ4v) is 1.48. The van der Waals surface area contributed by atoms with Gasteiger partial charge in [0.15, 0.2) is 0 Å². The van der Waals surface area contributed by atoms with Gasteiger partial charge in [-0.15, -0.1) is 0 Å². The van der Waals surface area contributed by atoms with Crippen molar-refractivity contribution in [3.8, 4) is 0 Å². The van der Waals surface area contributed by atoms with Crippen LogP contribution in [-0.4, -0.2) is 46.3 Å². The smallest absolute Gasteiger partial charge is 0.264 e. The number of unbranched alkanes of at least 4 members (excludes halogenated alkanes) is 2. The third kappa shape index (κ3) is 17.3. The predicted molar refractivity (Wildman–Crippen MR) is 74.8 cm³/mol. The average molecular weight is 295 g/mol. The van der Waals surface area contributed by atoms with Gasteiger partial charge >= 0.3 is 0 Å². The summed E-state index contributed by atoms with van der Waals surface area (Å²) in [4.78, 5) is 5.14. The lowest BCUT2D eigenvalue weighted by Gasteiger charge is -2.14. The molecule has 0 fully saturated rings. The number of oxime groups is 1. The maximum atomic E-state index is 10.7. The summed E-state index contributed by atoms with van der Waals surface area (Å²) in [6.45, 7) is 7.02. The Morgan fingerprint density at radius 3 is 2.32 bits per heavy atom. The largest absolute Gasteiger partial charge is 0.390 e. The molecule has 19 heavy (non-hydrogen) atoms. The Kier molecular flexibility index (Phi) is 8.95. The van der Waals surface area contributed by atoms with Crippen LogP contribution in [0.1, 0.15) is 40.0 Å². The summed E-state index contributed by atoms with van der Waals surface area (Å²) in [6, 6.07) is 0. The van der Waals surface area contributed by atoms with E-state index in [2.05, 4.69) is 9.34 Å². The molecule has 0 aliphatic heterocycles. The van der Waals surface area contributed by atoms with Gasteiger partial charge in [-0.3, -0.25) is 4.18 Å². The van der Waals surface area contributed by atoms with Crippen molar-refractivity contribution in [2.45, 2.75) is 45.6 Å². The molecule has 0 aromatic carbocycles. The van der Waals surface area contributed by atoms with Crippen molar-refractivity contribution >= 4 is 16.3 Å². The lowest BCUT2D eigenvalue weighted by Crippen LogP contribution is -2.15. The molecule has 0 atom stereocenters. The van der Waals surface area contributed by atoms with Gasteiger partial charge in [0.2, 0.25) is 0 Å². The van der Waals surface area contributed by atoms with Gasteiger partial charge in [-0.25, -0.2) is 0 Å². The number of ether oxygens (including phenoxy) is 1. The standard InChI is InChI=1S/C12H25NO5S/c1-12(2,3)18-13-8-11-16-9-6-5-7-10-17-19(4,14)15/h8H,5-7,9-11H2,1-4H3. The highest BCUT2D eigenvalue weighted by molar-refractivity contribution is 7.85. The molecule has 0 amide bonds. The second-order valence-electron chi connectivity index (χ2n) is 5.15. The zero-order valence-corrected chi connectivity index (χ0v) is 13.0. The van der Waals surface area contributed by atoms with E-state index in [0.29, 0.717) is 19.6 Å². The zero-order valence-electron chi connectivity index (χ0n) is 12.2. The second kappa shape index (κ2) is 9.28. The summed E-state index contributed by atoms with van der Waals surface area (Å²) in [6.07, 6.45) is 5.07. The van der Waals surface area contributed by atoms with Gasteiger partial charge in [0, 0.05) is 6.61 Å². The molecule has 0 saturated carbocycles. The van der Waals surface area contributed by atoms with Crippen LogP contribution >= 0.6 is 0 Å². The van der Waals surface area contributed by atoms with Crippen molar-refractivity contribution in [3.05, 3.63) is 0 Å². The van der Waals surface area contributed by atoms with Crippen molar-refractivity contribution in [3.63, 3.8) is 0 Å². The SMILES string of the molecule is CC(C)(C)ON=CCOCCCCCOS(C)(=O)=O. The van der Waals surface area contributed by atoms with Crippen LogP contribution in [0.2, 0.25) is 0 Å². The first-order chi connectivity index (χ1) is 8.71. The Hall–Kier alpha value is -0.660. The van der Waals surface area contributed by atoms with Gasteiger partial charge in [0.1, 0.15) is 5.60 Å². The molecule has 6 nitrogen and oxygen atoms in total. The van der Waals surface area contributed by atoms with Gasteiger partial charge in [-0.1, -0.05) is 5.16 Å². The van der Waals surface area contributed by atoms with Crippen LogP contribution in [0.15, 0.2) is 5.16 Å². The summed E-state index contributed by atoms with van der Waals surface area (Å²) in [5, 5.41) is 3.78. The lowest BCUT2D eigenvalue weighted by molar-refractivity contribution is 0.000669. The van der Waals surface area contributed by atoms with E-state index in [1.54, 1.807) is 6.21 Å². The van der Waals surface area contributed by atoms with Crippen LogP contribution in [0.25, 0.3) is 0 Å². The van der Waals surface area contributed by atoms with Crippen molar-refractivity contribution in [1.82, 2.24) is 0 Å². The quantitative estimate of drug-likeness (QED) is 0.266. The fourth-order valence-electron chi connectivity index (χ4n) is 1.06. The minimum atomic E-state index is -3.31. The molecule has 0 N–H and O–H groups in total. The van der Waals surface area contributed by atoms with Crippen LogP contribution in [0.5, 0.6) is 0 Å². The van der Waals surface area contributed by atoms with Gasteiger partial charge in [0.05, 0.1) is 25.7 Å². The molecule has 0 rings (SSSR count). The zero-order chi connectivity index (χ0) is 14.8. The Morgan fingerprint density at radius 1 is 1.11 bits per heavy atom. The first-order valence-electron chi connectivity index (χ1n) is 6.33. The minimum Gasteiger partial charge on any atom is -0.390 e. The molecule has 0 aliphatic rings. The van der Waals surface area contributed by atoms with Crippen molar-refractivity contribution in [1.29, 1.82) is 0 Å². The molecule has 0 unspecified atom stereocenters. The molecule has 7 heteroatoms. The van der Waals surface area contributed by atoms with E-state index in [1.165, 1.54) is 0 Å². The number of hydrogen-bond donors (Lipinski definition) is 0. The second-order valence-corrected chi connectivity index (χ2v) is 6.80. The van der Waals surface area contributed by atoms with Crippen LogP contribution < -0.4 is 0 Å². The molecular formula is C12H25NO5S. The maximum absolute atomic E-state index is 10.7. The van der Waals surface area contributed by atoms with E-state index < -0.39 is 10.1 Å². The van der Waals surface area contributed by atoms with Gasteiger partial charge in [-0.05, 0) is 40.0 Å².